The van der Waals surface area contributed by atoms with Gasteiger partial charge < -0.3 is 10.1 Å². The molecule has 0 aliphatic carbocycles. The molecule has 0 saturated heterocycles. The van der Waals surface area contributed by atoms with E-state index in [-0.39, 0.29) is 17.4 Å². The van der Waals surface area contributed by atoms with Gasteiger partial charge in [-0.1, -0.05) is 33.6 Å². The van der Waals surface area contributed by atoms with Crippen molar-refractivity contribution in [1.82, 2.24) is 0 Å². The third-order valence-electron chi connectivity index (χ3n) is 3.94. The van der Waals surface area contributed by atoms with Crippen molar-refractivity contribution in [2.24, 2.45) is 0 Å². The lowest BCUT2D eigenvalue weighted by Crippen LogP contribution is -2.20. The molecule has 0 spiro atoms. The fourth-order valence-electron chi connectivity index (χ4n) is 2.43. The van der Waals surface area contributed by atoms with Crippen molar-refractivity contribution in [3.05, 3.63) is 82.8 Å². The molecule has 0 atom stereocenters. The summed E-state index contributed by atoms with van der Waals surface area (Å²) >= 11 is 3.33. The van der Waals surface area contributed by atoms with Gasteiger partial charge in [0.2, 0.25) is 0 Å². The SMILES string of the molecule is Cc1ccc(NS(=O)(=O)c2ccc(OCC(=O)Nc3ccc(Br)cc3)cc2)cc1. The lowest BCUT2D eigenvalue weighted by Gasteiger charge is -2.10. The maximum absolute atomic E-state index is 12.5. The van der Waals surface area contributed by atoms with Gasteiger partial charge in [-0.05, 0) is 67.6 Å². The molecule has 0 aliphatic rings. The molecular formula is C21H19BrN2O4S. The average Bonchev–Trinajstić information content (AvgIpc) is 2.70. The number of hydrogen-bond donors (Lipinski definition) is 2. The van der Waals surface area contributed by atoms with Crippen LogP contribution in [-0.4, -0.2) is 20.9 Å². The summed E-state index contributed by atoms with van der Waals surface area (Å²) in [5.41, 5.74) is 2.18. The highest BCUT2D eigenvalue weighted by molar-refractivity contribution is 9.10. The van der Waals surface area contributed by atoms with Crippen molar-refractivity contribution in [3.63, 3.8) is 0 Å². The molecule has 6 nitrogen and oxygen atoms in total. The van der Waals surface area contributed by atoms with Crippen LogP contribution in [0.2, 0.25) is 0 Å². The second kappa shape index (κ2) is 9.11. The van der Waals surface area contributed by atoms with E-state index in [9.17, 15) is 13.2 Å². The number of sulfonamides is 1. The van der Waals surface area contributed by atoms with Gasteiger partial charge in [0, 0.05) is 15.8 Å². The van der Waals surface area contributed by atoms with Gasteiger partial charge in [0.1, 0.15) is 5.75 Å². The van der Waals surface area contributed by atoms with Crippen molar-refractivity contribution in [3.8, 4) is 5.75 Å². The molecule has 3 aromatic carbocycles. The van der Waals surface area contributed by atoms with Crippen LogP contribution in [0.25, 0.3) is 0 Å². The van der Waals surface area contributed by atoms with Gasteiger partial charge in [-0.2, -0.15) is 0 Å². The summed E-state index contributed by atoms with van der Waals surface area (Å²) in [7, 11) is -3.71. The summed E-state index contributed by atoms with van der Waals surface area (Å²) in [6.45, 7) is 1.74. The number of halogens is 1. The van der Waals surface area contributed by atoms with Gasteiger partial charge in [0.25, 0.3) is 15.9 Å². The summed E-state index contributed by atoms with van der Waals surface area (Å²) in [6.07, 6.45) is 0. The van der Waals surface area contributed by atoms with E-state index in [0.29, 0.717) is 17.1 Å². The monoisotopic (exact) mass is 474 g/mol. The molecular weight excluding hydrogens is 456 g/mol. The zero-order valence-electron chi connectivity index (χ0n) is 15.6. The van der Waals surface area contributed by atoms with E-state index >= 15 is 0 Å². The highest BCUT2D eigenvalue weighted by Crippen LogP contribution is 2.20. The Bertz CT molecular complexity index is 1080. The number of carbonyl (C=O) groups is 1. The number of amides is 1. The number of nitrogens with one attached hydrogen (secondary N) is 2. The van der Waals surface area contributed by atoms with Crippen molar-refractivity contribution >= 4 is 43.2 Å². The highest BCUT2D eigenvalue weighted by Gasteiger charge is 2.14. The first-order valence-electron chi connectivity index (χ1n) is 8.70. The van der Waals surface area contributed by atoms with Crippen LogP contribution in [0.15, 0.2) is 82.2 Å². The Balaban J connectivity index is 1.57. The maximum Gasteiger partial charge on any atom is 0.262 e. The van der Waals surface area contributed by atoms with E-state index in [1.165, 1.54) is 24.3 Å². The lowest BCUT2D eigenvalue weighted by atomic mass is 10.2. The summed E-state index contributed by atoms with van der Waals surface area (Å²) in [6, 6.07) is 20.1. The van der Waals surface area contributed by atoms with Gasteiger partial charge in [0.15, 0.2) is 6.61 Å². The summed E-state index contributed by atoms with van der Waals surface area (Å²) in [5, 5.41) is 2.72. The summed E-state index contributed by atoms with van der Waals surface area (Å²) in [5.74, 6) is 0.0790. The Hall–Kier alpha value is -2.84. The zero-order valence-corrected chi connectivity index (χ0v) is 18.0. The predicted octanol–water partition coefficient (Wildman–Crippen LogP) is 4.58. The molecule has 0 fully saturated rings. The normalized spacial score (nSPS) is 11.0. The van der Waals surface area contributed by atoms with Crippen LogP contribution in [0, 0.1) is 6.92 Å². The Morgan fingerprint density at radius 3 is 2.10 bits per heavy atom. The molecule has 150 valence electrons. The molecule has 8 heteroatoms. The number of carbonyl (C=O) groups excluding carboxylic acids is 1. The Morgan fingerprint density at radius 2 is 1.48 bits per heavy atom. The topological polar surface area (TPSA) is 84.5 Å². The molecule has 3 aromatic rings. The van der Waals surface area contributed by atoms with Gasteiger partial charge >= 0.3 is 0 Å². The molecule has 1 amide bonds. The van der Waals surface area contributed by atoms with Gasteiger partial charge in [-0.25, -0.2) is 8.42 Å². The average molecular weight is 475 g/mol. The van der Waals surface area contributed by atoms with E-state index in [2.05, 4.69) is 26.0 Å². The van der Waals surface area contributed by atoms with Gasteiger partial charge in [-0.3, -0.25) is 9.52 Å². The summed E-state index contributed by atoms with van der Waals surface area (Å²) < 4.78 is 33.8. The minimum Gasteiger partial charge on any atom is -0.484 e. The quantitative estimate of drug-likeness (QED) is 0.524. The van der Waals surface area contributed by atoms with Crippen molar-refractivity contribution in [2.75, 3.05) is 16.6 Å². The van der Waals surface area contributed by atoms with Crippen molar-refractivity contribution in [2.45, 2.75) is 11.8 Å². The Kier molecular flexibility index (Phi) is 6.56. The molecule has 0 heterocycles. The number of ether oxygens (including phenoxy) is 1. The van der Waals surface area contributed by atoms with Crippen LogP contribution in [0.5, 0.6) is 5.75 Å². The second-order valence-electron chi connectivity index (χ2n) is 6.29. The lowest BCUT2D eigenvalue weighted by molar-refractivity contribution is -0.118. The molecule has 0 aromatic heterocycles. The van der Waals surface area contributed by atoms with Crippen molar-refractivity contribution in [1.29, 1.82) is 0 Å². The highest BCUT2D eigenvalue weighted by atomic mass is 79.9. The molecule has 2 N–H and O–H groups in total. The zero-order chi connectivity index (χ0) is 20.9. The Morgan fingerprint density at radius 1 is 0.897 bits per heavy atom. The van der Waals surface area contributed by atoms with Crippen LogP contribution < -0.4 is 14.8 Å². The van der Waals surface area contributed by atoms with E-state index in [1.54, 1.807) is 24.3 Å². The second-order valence-corrected chi connectivity index (χ2v) is 8.88. The summed E-state index contributed by atoms with van der Waals surface area (Å²) in [4.78, 5) is 12.1. The van der Waals surface area contributed by atoms with Crippen LogP contribution in [0.4, 0.5) is 11.4 Å². The third kappa shape index (κ3) is 6.07. The minimum atomic E-state index is -3.71. The van der Waals surface area contributed by atoms with E-state index in [4.69, 9.17) is 4.74 Å². The standard InChI is InChI=1S/C21H19BrN2O4S/c1-15-2-6-18(7-3-15)24-29(26,27)20-12-10-19(11-13-20)28-14-21(25)23-17-8-4-16(22)5-9-17/h2-13,24H,14H2,1H3,(H,23,25). The van der Waals surface area contributed by atoms with Crippen LogP contribution in [0.3, 0.4) is 0 Å². The number of aryl methyl sites for hydroxylation is 1. The maximum atomic E-state index is 12.5. The number of rotatable bonds is 7. The van der Waals surface area contributed by atoms with Crippen LogP contribution in [0.1, 0.15) is 5.56 Å². The number of anilines is 2. The third-order valence-corrected chi connectivity index (χ3v) is 5.86. The van der Waals surface area contributed by atoms with E-state index in [1.807, 2.05) is 31.2 Å². The number of benzene rings is 3. The molecule has 3 rings (SSSR count). The molecule has 29 heavy (non-hydrogen) atoms. The first-order valence-corrected chi connectivity index (χ1v) is 11.0. The van der Waals surface area contributed by atoms with Crippen LogP contribution in [-0.2, 0) is 14.8 Å². The first kappa shape index (κ1) is 20.9. The Labute approximate surface area is 178 Å². The first-order chi connectivity index (χ1) is 13.8. The molecule has 0 aliphatic heterocycles. The van der Waals surface area contributed by atoms with Crippen LogP contribution >= 0.6 is 15.9 Å². The fourth-order valence-corrected chi connectivity index (χ4v) is 3.75. The largest absolute Gasteiger partial charge is 0.484 e. The fraction of sp³-hybridized carbons (Fsp3) is 0.0952. The smallest absolute Gasteiger partial charge is 0.262 e. The van der Waals surface area contributed by atoms with Crippen molar-refractivity contribution < 1.29 is 17.9 Å². The number of hydrogen-bond acceptors (Lipinski definition) is 4. The molecule has 0 unspecified atom stereocenters. The van der Waals surface area contributed by atoms with E-state index < -0.39 is 10.0 Å². The van der Waals surface area contributed by atoms with Gasteiger partial charge in [0.05, 0.1) is 4.90 Å². The predicted molar refractivity (Wildman–Crippen MR) is 117 cm³/mol. The molecule has 0 radical (unpaired) electrons. The molecule has 0 bridgehead atoms. The van der Waals surface area contributed by atoms with Gasteiger partial charge in [-0.15, -0.1) is 0 Å². The van der Waals surface area contributed by atoms with E-state index in [0.717, 1.165) is 10.0 Å². The molecule has 0 saturated carbocycles. The minimum absolute atomic E-state index is 0.102.